The Hall–Kier alpha value is -3.97. The molecule has 0 saturated carbocycles. The average Bonchev–Trinajstić information content (AvgIpc) is 3.03. The molecule has 0 spiro atoms. The second-order valence-electron chi connectivity index (χ2n) is 9.86. The highest BCUT2D eigenvalue weighted by molar-refractivity contribution is 7.99. The highest BCUT2D eigenvalue weighted by Crippen LogP contribution is 2.24. The Morgan fingerprint density at radius 2 is 1.55 bits per heavy atom. The molecule has 5 aromatic rings. The van der Waals surface area contributed by atoms with Crippen molar-refractivity contribution in [2.24, 2.45) is 0 Å². The molecule has 0 aliphatic carbocycles. The van der Waals surface area contributed by atoms with Gasteiger partial charge in [0, 0.05) is 64.7 Å². The summed E-state index contributed by atoms with van der Waals surface area (Å²) in [5, 5.41) is 3.44. The minimum Gasteiger partial charge on any atom is -0.348 e. The van der Waals surface area contributed by atoms with Crippen molar-refractivity contribution in [1.29, 1.82) is 0 Å². The van der Waals surface area contributed by atoms with Crippen LogP contribution in [0.2, 0.25) is 5.02 Å². The fraction of sp³-hybridized carbons (Fsp3) is 0.143. The van der Waals surface area contributed by atoms with Gasteiger partial charge in [0.05, 0.1) is 5.69 Å². The topological polar surface area (TPSA) is 45.2 Å². The summed E-state index contributed by atoms with van der Waals surface area (Å²) in [6, 6.07) is 36.4. The van der Waals surface area contributed by atoms with Gasteiger partial charge in [0.15, 0.2) is 0 Å². The van der Waals surface area contributed by atoms with E-state index in [0.717, 1.165) is 34.7 Å². The van der Waals surface area contributed by atoms with Gasteiger partial charge in [-0.2, -0.15) is 0 Å². The number of carbonyl (C=O) groups is 1. The number of pyridine rings is 1. The van der Waals surface area contributed by atoms with Crippen LogP contribution in [0.25, 0.3) is 11.3 Å². The number of nitrogens with one attached hydrogen (secondary N) is 1. The van der Waals surface area contributed by atoms with Crippen LogP contribution in [-0.2, 0) is 19.6 Å². The quantitative estimate of drug-likeness (QED) is 0.147. The predicted molar refractivity (Wildman–Crippen MR) is 170 cm³/mol. The van der Waals surface area contributed by atoms with E-state index in [1.54, 1.807) is 30.1 Å². The number of aromatic nitrogens is 1. The van der Waals surface area contributed by atoms with E-state index in [1.807, 2.05) is 72.8 Å². The average molecular weight is 596 g/mol. The molecule has 0 saturated heterocycles. The zero-order valence-corrected chi connectivity index (χ0v) is 24.6. The lowest BCUT2D eigenvalue weighted by Crippen LogP contribution is -2.26. The van der Waals surface area contributed by atoms with Crippen molar-refractivity contribution in [2.45, 2.75) is 24.5 Å². The van der Waals surface area contributed by atoms with Crippen LogP contribution in [0.1, 0.15) is 27.0 Å². The molecule has 0 unspecified atom stereocenters. The Balaban J connectivity index is 1.18. The molecule has 0 fully saturated rings. The van der Waals surface area contributed by atoms with Gasteiger partial charge >= 0.3 is 0 Å². The summed E-state index contributed by atoms with van der Waals surface area (Å²) in [4.78, 5) is 20.5. The van der Waals surface area contributed by atoms with E-state index in [1.165, 1.54) is 11.0 Å². The Morgan fingerprint density at radius 1 is 0.810 bits per heavy atom. The molecule has 4 nitrogen and oxygen atoms in total. The first-order valence-corrected chi connectivity index (χ1v) is 15.1. The highest BCUT2D eigenvalue weighted by Gasteiger charge is 2.14. The second kappa shape index (κ2) is 14.8. The molecule has 1 aromatic heterocycles. The van der Waals surface area contributed by atoms with Gasteiger partial charge in [-0.15, -0.1) is 11.8 Å². The van der Waals surface area contributed by atoms with Crippen molar-refractivity contribution in [3.8, 4) is 11.3 Å². The summed E-state index contributed by atoms with van der Waals surface area (Å²) in [6.45, 7) is 2.25. The van der Waals surface area contributed by atoms with Crippen LogP contribution >= 0.6 is 23.4 Å². The maximum atomic E-state index is 14.6. The van der Waals surface area contributed by atoms with Crippen LogP contribution < -0.4 is 5.32 Å². The Labute approximate surface area is 255 Å². The lowest BCUT2D eigenvalue weighted by atomic mass is 10.1. The summed E-state index contributed by atoms with van der Waals surface area (Å²) in [5.41, 5.74) is 5.05. The third-order valence-corrected chi connectivity index (χ3v) is 8.20. The van der Waals surface area contributed by atoms with Crippen LogP contribution in [0.5, 0.6) is 0 Å². The molecule has 4 aromatic carbocycles. The van der Waals surface area contributed by atoms with Gasteiger partial charge in [0.25, 0.3) is 5.91 Å². The molecule has 1 N–H and O–H groups in total. The minimum atomic E-state index is -0.291. The van der Waals surface area contributed by atoms with Crippen LogP contribution in [0.3, 0.4) is 0 Å². The fourth-order valence-electron chi connectivity index (χ4n) is 4.56. The second-order valence-corrected chi connectivity index (χ2v) is 11.4. The van der Waals surface area contributed by atoms with Crippen LogP contribution in [0.15, 0.2) is 126 Å². The third kappa shape index (κ3) is 8.29. The smallest absolute Gasteiger partial charge is 0.251 e. The molecular weight excluding hydrogens is 565 g/mol. The first-order chi connectivity index (χ1) is 20.5. The normalized spacial score (nSPS) is 11.0. The van der Waals surface area contributed by atoms with E-state index in [-0.39, 0.29) is 11.7 Å². The molecule has 0 radical (unpaired) electrons. The molecule has 0 atom stereocenters. The van der Waals surface area contributed by atoms with Crippen molar-refractivity contribution < 1.29 is 9.18 Å². The Bertz CT molecular complexity index is 1560. The Kier molecular flexibility index (Phi) is 10.4. The van der Waals surface area contributed by atoms with Gasteiger partial charge in [0.2, 0.25) is 0 Å². The molecule has 0 aliphatic rings. The molecular formula is C35H31ClFN3OS. The van der Waals surface area contributed by atoms with E-state index in [2.05, 4.69) is 39.5 Å². The SMILES string of the molecule is O=C(NCc1ccc(CN(CCSc2ccccc2)Cc2c(F)cccc2Cl)cc1)c1ccc(-c2ccccn2)cc1. The van der Waals surface area contributed by atoms with E-state index >= 15 is 0 Å². The van der Waals surface area contributed by atoms with Gasteiger partial charge in [-0.3, -0.25) is 14.7 Å². The zero-order valence-electron chi connectivity index (χ0n) is 23.0. The molecule has 212 valence electrons. The largest absolute Gasteiger partial charge is 0.348 e. The van der Waals surface area contributed by atoms with Gasteiger partial charge in [-0.05, 0) is 59.7 Å². The summed E-state index contributed by atoms with van der Waals surface area (Å²) in [5.74, 6) is 0.444. The van der Waals surface area contributed by atoms with E-state index in [4.69, 9.17) is 11.6 Å². The van der Waals surface area contributed by atoms with Crippen molar-refractivity contribution in [2.75, 3.05) is 12.3 Å². The number of rotatable bonds is 12. The number of amides is 1. The van der Waals surface area contributed by atoms with Gasteiger partial charge in [-0.1, -0.05) is 78.3 Å². The van der Waals surface area contributed by atoms with Crippen LogP contribution in [0, 0.1) is 5.82 Å². The van der Waals surface area contributed by atoms with Crippen molar-refractivity contribution in [3.05, 3.63) is 155 Å². The van der Waals surface area contributed by atoms with Crippen molar-refractivity contribution in [3.63, 3.8) is 0 Å². The van der Waals surface area contributed by atoms with Crippen molar-refractivity contribution in [1.82, 2.24) is 15.2 Å². The number of hydrogen-bond donors (Lipinski definition) is 1. The van der Waals surface area contributed by atoms with E-state index in [0.29, 0.717) is 35.8 Å². The molecule has 5 rings (SSSR count). The minimum absolute atomic E-state index is 0.129. The number of thioether (sulfide) groups is 1. The van der Waals surface area contributed by atoms with Gasteiger partial charge < -0.3 is 5.32 Å². The lowest BCUT2D eigenvalue weighted by molar-refractivity contribution is 0.0951. The molecule has 1 amide bonds. The fourth-order valence-corrected chi connectivity index (χ4v) is 5.72. The van der Waals surface area contributed by atoms with Crippen LogP contribution in [-0.4, -0.2) is 28.1 Å². The summed E-state index contributed by atoms with van der Waals surface area (Å²) >= 11 is 8.13. The maximum absolute atomic E-state index is 14.6. The monoisotopic (exact) mass is 595 g/mol. The molecule has 0 bridgehead atoms. The van der Waals surface area contributed by atoms with Crippen LogP contribution in [0.4, 0.5) is 4.39 Å². The molecule has 7 heteroatoms. The van der Waals surface area contributed by atoms with Gasteiger partial charge in [-0.25, -0.2) is 4.39 Å². The number of halogens is 2. The maximum Gasteiger partial charge on any atom is 0.251 e. The van der Waals surface area contributed by atoms with Crippen molar-refractivity contribution >= 4 is 29.3 Å². The number of benzene rings is 4. The standard InChI is InChI=1S/C35H31ClFN3OS/c36-32-9-6-10-33(37)31(32)25-40(21-22-42-30-7-2-1-3-8-30)24-27-14-12-26(13-15-27)23-39-35(41)29-18-16-28(17-19-29)34-11-4-5-20-38-34/h1-20H,21-25H2,(H,39,41). The number of carbonyl (C=O) groups excluding carboxylic acids is 1. The molecule has 1 heterocycles. The molecule has 42 heavy (non-hydrogen) atoms. The first-order valence-electron chi connectivity index (χ1n) is 13.8. The number of hydrogen-bond acceptors (Lipinski definition) is 4. The lowest BCUT2D eigenvalue weighted by Gasteiger charge is -2.23. The zero-order chi connectivity index (χ0) is 29.1. The summed E-state index contributed by atoms with van der Waals surface area (Å²) in [6.07, 6.45) is 1.75. The molecule has 0 aliphatic heterocycles. The summed E-state index contributed by atoms with van der Waals surface area (Å²) < 4.78 is 14.6. The van der Waals surface area contributed by atoms with Gasteiger partial charge in [0.1, 0.15) is 5.82 Å². The highest BCUT2D eigenvalue weighted by atomic mass is 35.5. The predicted octanol–water partition coefficient (Wildman–Crippen LogP) is 8.27. The number of nitrogens with zero attached hydrogens (tertiary/aromatic N) is 2. The van der Waals surface area contributed by atoms with E-state index < -0.39 is 0 Å². The van der Waals surface area contributed by atoms with E-state index in [9.17, 15) is 9.18 Å². The first kappa shape index (κ1) is 29.5. The Morgan fingerprint density at radius 3 is 2.26 bits per heavy atom. The third-order valence-electron chi connectivity index (χ3n) is 6.85. The summed E-state index contributed by atoms with van der Waals surface area (Å²) in [7, 11) is 0.